The number of ether oxygens (including phenoxy) is 1. The first-order valence-corrected chi connectivity index (χ1v) is 7.56. The summed E-state index contributed by atoms with van der Waals surface area (Å²) in [5, 5.41) is 0. The van der Waals surface area contributed by atoms with Crippen LogP contribution < -0.4 is 4.74 Å². The van der Waals surface area contributed by atoms with E-state index in [9.17, 15) is 9.18 Å². The van der Waals surface area contributed by atoms with Crippen molar-refractivity contribution in [2.24, 2.45) is 0 Å². The molecule has 2 nitrogen and oxygen atoms in total. The molecule has 0 aliphatic carbocycles. The van der Waals surface area contributed by atoms with Crippen molar-refractivity contribution in [1.29, 1.82) is 0 Å². The summed E-state index contributed by atoms with van der Waals surface area (Å²) >= 11 is 1.48. The number of carbonyl (C=O) groups excluding carboxylic acids is 1. The van der Waals surface area contributed by atoms with E-state index in [-0.39, 0.29) is 17.3 Å². The van der Waals surface area contributed by atoms with Gasteiger partial charge >= 0.3 is 0 Å². The Bertz CT molecular complexity index is 668. The van der Waals surface area contributed by atoms with Crippen LogP contribution in [-0.2, 0) is 0 Å². The Kier molecular flexibility index (Phi) is 5.02. The van der Waals surface area contributed by atoms with E-state index in [0.29, 0.717) is 5.56 Å². The van der Waals surface area contributed by atoms with Crippen LogP contribution in [0.4, 0.5) is 4.39 Å². The van der Waals surface area contributed by atoms with Gasteiger partial charge in [-0.1, -0.05) is 17.7 Å². The van der Waals surface area contributed by atoms with Crippen molar-refractivity contribution in [3.63, 3.8) is 0 Å². The first-order chi connectivity index (χ1) is 10.0. The van der Waals surface area contributed by atoms with Crippen LogP contribution >= 0.6 is 11.8 Å². The fraction of sp³-hybridized carbons (Fsp3) is 0.235. The SMILES string of the molecule is COc1ccc(C(=O)CSc2cc(C)ccc2C)cc1F. The Balaban J connectivity index is 2.08. The van der Waals surface area contributed by atoms with Crippen LogP contribution in [0.3, 0.4) is 0 Å². The number of rotatable bonds is 5. The summed E-state index contributed by atoms with van der Waals surface area (Å²) in [4.78, 5) is 13.2. The van der Waals surface area contributed by atoms with E-state index in [1.807, 2.05) is 26.0 Å². The third-order valence-corrected chi connectivity index (χ3v) is 4.33. The normalized spacial score (nSPS) is 10.5. The van der Waals surface area contributed by atoms with Crippen LogP contribution in [0.5, 0.6) is 5.75 Å². The number of carbonyl (C=O) groups is 1. The topological polar surface area (TPSA) is 26.3 Å². The Morgan fingerprint density at radius 1 is 1.19 bits per heavy atom. The Hall–Kier alpha value is -1.81. The molecule has 0 heterocycles. The highest BCUT2D eigenvalue weighted by Crippen LogP contribution is 2.25. The highest BCUT2D eigenvalue weighted by atomic mass is 32.2. The number of hydrogen-bond donors (Lipinski definition) is 0. The molecule has 0 saturated heterocycles. The molecule has 2 rings (SSSR count). The largest absolute Gasteiger partial charge is 0.494 e. The summed E-state index contributed by atoms with van der Waals surface area (Å²) in [6, 6.07) is 10.4. The number of benzene rings is 2. The van der Waals surface area contributed by atoms with Crippen LogP contribution in [-0.4, -0.2) is 18.6 Å². The van der Waals surface area contributed by atoms with Crippen molar-refractivity contribution in [2.45, 2.75) is 18.7 Å². The van der Waals surface area contributed by atoms with Crippen molar-refractivity contribution in [3.05, 3.63) is 58.9 Å². The predicted octanol–water partition coefficient (Wildman–Crippen LogP) is 4.43. The Morgan fingerprint density at radius 3 is 2.62 bits per heavy atom. The zero-order chi connectivity index (χ0) is 15.4. The molecule has 0 atom stereocenters. The first-order valence-electron chi connectivity index (χ1n) is 6.58. The van der Waals surface area contributed by atoms with Gasteiger partial charge in [0.15, 0.2) is 17.3 Å². The van der Waals surface area contributed by atoms with Crippen molar-refractivity contribution in [3.8, 4) is 5.75 Å². The summed E-state index contributed by atoms with van der Waals surface area (Å²) < 4.78 is 18.5. The van der Waals surface area contributed by atoms with Crippen molar-refractivity contribution in [2.75, 3.05) is 12.9 Å². The molecular weight excluding hydrogens is 287 g/mol. The minimum Gasteiger partial charge on any atom is -0.494 e. The quantitative estimate of drug-likeness (QED) is 0.604. The van der Waals surface area contributed by atoms with E-state index in [4.69, 9.17) is 4.74 Å². The first kappa shape index (κ1) is 15.6. The molecule has 0 aromatic heterocycles. The molecule has 0 amide bonds. The van der Waals surface area contributed by atoms with Crippen molar-refractivity contribution in [1.82, 2.24) is 0 Å². The average molecular weight is 304 g/mol. The number of thioether (sulfide) groups is 1. The molecule has 0 spiro atoms. The van der Waals surface area contributed by atoms with E-state index in [2.05, 4.69) is 6.07 Å². The second-order valence-corrected chi connectivity index (χ2v) is 5.85. The molecule has 0 fully saturated rings. The highest BCUT2D eigenvalue weighted by Gasteiger charge is 2.11. The minimum atomic E-state index is -0.514. The highest BCUT2D eigenvalue weighted by molar-refractivity contribution is 8.00. The summed E-state index contributed by atoms with van der Waals surface area (Å²) in [6.45, 7) is 4.03. The lowest BCUT2D eigenvalue weighted by molar-refractivity contribution is 0.102. The van der Waals surface area contributed by atoms with E-state index < -0.39 is 5.82 Å². The molecule has 0 N–H and O–H groups in total. The molecule has 0 unspecified atom stereocenters. The van der Waals surface area contributed by atoms with Crippen molar-refractivity contribution < 1.29 is 13.9 Å². The fourth-order valence-corrected chi connectivity index (χ4v) is 2.95. The Labute approximate surface area is 128 Å². The molecule has 2 aromatic rings. The molecule has 4 heteroatoms. The smallest absolute Gasteiger partial charge is 0.173 e. The lowest BCUT2D eigenvalue weighted by atomic mass is 10.1. The number of methoxy groups -OCH3 is 1. The molecule has 2 aromatic carbocycles. The summed E-state index contributed by atoms with van der Waals surface area (Å²) in [5.41, 5.74) is 2.66. The maximum absolute atomic E-state index is 13.6. The third kappa shape index (κ3) is 3.85. The van der Waals surface area contributed by atoms with Gasteiger partial charge in [0.05, 0.1) is 12.9 Å². The fourth-order valence-electron chi connectivity index (χ4n) is 1.93. The van der Waals surface area contributed by atoms with Crippen LogP contribution in [0.15, 0.2) is 41.3 Å². The number of halogens is 1. The van der Waals surface area contributed by atoms with Gasteiger partial charge in [-0.25, -0.2) is 4.39 Å². The molecular formula is C17H17FO2S. The number of Topliss-reactive ketones (excluding diaryl/α,β-unsaturated/α-hetero) is 1. The number of aryl methyl sites for hydroxylation is 2. The van der Waals surface area contributed by atoms with E-state index >= 15 is 0 Å². The molecule has 0 aliphatic rings. The summed E-state index contributed by atoms with van der Waals surface area (Å²) in [7, 11) is 1.40. The van der Waals surface area contributed by atoms with Gasteiger partial charge in [-0.15, -0.1) is 11.8 Å². The molecule has 0 radical (unpaired) electrons. The van der Waals surface area contributed by atoms with Gasteiger partial charge in [-0.3, -0.25) is 4.79 Å². The molecule has 21 heavy (non-hydrogen) atoms. The van der Waals surface area contributed by atoms with E-state index in [0.717, 1.165) is 16.0 Å². The second kappa shape index (κ2) is 6.76. The van der Waals surface area contributed by atoms with Gasteiger partial charge in [-0.2, -0.15) is 0 Å². The molecule has 110 valence electrons. The molecule has 0 saturated carbocycles. The predicted molar refractivity (Wildman–Crippen MR) is 83.9 cm³/mol. The average Bonchev–Trinajstić information content (AvgIpc) is 2.47. The third-order valence-electron chi connectivity index (χ3n) is 3.18. The van der Waals surface area contributed by atoms with Gasteiger partial charge in [0.2, 0.25) is 0 Å². The maximum Gasteiger partial charge on any atom is 0.173 e. The molecule has 0 aliphatic heterocycles. The van der Waals surface area contributed by atoms with E-state index in [1.54, 1.807) is 6.07 Å². The Morgan fingerprint density at radius 2 is 1.95 bits per heavy atom. The zero-order valence-electron chi connectivity index (χ0n) is 12.3. The van der Waals surface area contributed by atoms with Gasteiger partial charge < -0.3 is 4.74 Å². The summed E-state index contributed by atoms with van der Waals surface area (Å²) in [5.74, 6) is -0.174. The monoisotopic (exact) mass is 304 g/mol. The minimum absolute atomic E-state index is 0.0949. The van der Waals surface area contributed by atoms with Crippen LogP contribution in [0, 0.1) is 19.7 Å². The van der Waals surface area contributed by atoms with Crippen LogP contribution in [0.25, 0.3) is 0 Å². The summed E-state index contributed by atoms with van der Waals surface area (Å²) in [6.07, 6.45) is 0. The van der Waals surface area contributed by atoms with Gasteiger partial charge in [0.25, 0.3) is 0 Å². The number of ketones is 1. The van der Waals surface area contributed by atoms with Crippen molar-refractivity contribution >= 4 is 17.5 Å². The zero-order valence-corrected chi connectivity index (χ0v) is 13.1. The van der Waals surface area contributed by atoms with Gasteiger partial charge in [0, 0.05) is 10.5 Å². The van der Waals surface area contributed by atoms with Crippen LogP contribution in [0.1, 0.15) is 21.5 Å². The van der Waals surface area contributed by atoms with Gasteiger partial charge in [-0.05, 0) is 43.7 Å². The van der Waals surface area contributed by atoms with Gasteiger partial charge in [0.1, 0.15) is 0 Å². The lowest BCUT2D eigenvalue weighted by Gasteiger charge is -2.07. The standard InChI is InChI=1S/C17H17FO2S/c1-11-4-5-12(2)17(8-11)21-10-15(19)13-6-7-16(20-3)14(18)9-13/h4-9H,10H2,1-3H3. The molecule has 0 bridgehead atoms. The number of hydrogen-bond acceptors (Lipinski definition) is 3. The second-order valence-electron chi connectivity index (χ2n) is 4.83. The van der Waals surface area contributed by atoms with Crippen LogP contribution in [0.2, 0.25) is 0 Å². The lowest BCUT2D eigenvalue weighted by Crippen LogP contribution is -2.03. The maximum atomic E-state index is 13.6. The van der Waals surface area contributed by atoms with E-state index in [1.165, 1.54) is 31.0 Å².